The molecule has 0 aromatic carbocycles. The summed E-state index contributed by atoms with van der Waals surface area (Å²) in [6.07, 6.45) is 4.45. The lowest BCUT2D eigenvalue weighted by atomic mass is 10.1. The molecule has 0 heterocycles. The summed E-state index contributed by atoms with van der Waals surface area (Å²) in [6.45, 7) is 0. The predicted octanol–water partition coefficient (Wildman–Crippen LogP) is 0.916. The van der Waals surface area contributed by atoms with Gasteiger partial charge in [-0.1, -0.05) is 0 Å². The van der Waals surface area contributed by atoms with Gasteiger partial charge in [0.15, 0.2) is 0 Å². The first-order chi connectivity index (χ1) is 4.74. The van der Waals surface area contributed by atoms with Crippen molar-refractivity contribution in [2.45, 2.75) is 25.3 Å². The van der Waals surface area contributed by atoms with Gasteiger partial charge in [-0.05, 0) is 33.4 Å². The third kappa shape index (κ3) is 1.57. The Bertz CT molecular complexity index is 122. The van der Waals surface area contributed by atoms with Crippen LogP contribution in [0.3, 0.4) is 0 Å². The van der Waals surface area contributed by atoms with Gasteiger partial charge >= 0.3 is 0 Å². The molecule has 0 aromatic rings. The molecule has 0 N–H and O–H groups in total. The predicted molar refractivity (Wildman–Crippen MR) is 40.9 cm³/mol. The van der Waals surface area contributed by atoms with E-state index in [2.05, 4.69) is 19.0 Å². The van der Waals surface area contributed by atoms with Crippen LogP contribution < -0.4 is 0 Å². The van der Waals surface area contributed by atoms with Crippen molar-refractivity contribution in [2.24, 2.45) is 5.92 Å². The second kappa shape index (κ2) is 3.15. The van der Waals surface area contributed by atoms with Gasteiger partial charge in [-0.3, -0.25) is 0 Å². The normalized spacial score (nSPS) is 33.1. The maximum atomic E-state index is 10.4. The molecule has 0 bridgehead atoms. The van der Waals surface area contributed by atoms with Gasteiger partial charge in [0.1, 0.15) is 6.29 Å². The van der Waals surface area contributed by atoms with Gasteiger partial charge in [0.25, 0.3) is 0 Å². The van der Waals surface area contributed by atoms with E-state index in [1.165, 1.54) is 6.42 Å². The minimum Gasteiger partial charge on any atom is -0.306 e. The van der Waals surface area contributed by atoms with E-state index < -0.39 is 0 Å². The highest BCUT2D eigenvalue weighted by Gasteiger charge is 2.24. The molecule has 2 atom stereocenters. The summed E-state index contributed by atoms with van der Waals surface area (Å²) in [5, 5.41) is 0. The molecule has 1 aliphatic rings. The fourth-order valence-corrected chi connectivity index (χ4v) is 1.58. The molecule has 2 nitrogen and oxygen atoms in total. The number of carbonyl (C=O) groups is 1. The van der Waals surface area contributed by atoms with E-state index in [1.54, 1.807) is 0 Å². The summed E-state index contributed by atoms with van der Waals surface area (Å²) in [5.41, 5.74) is 0. The average Bonchev–Trinajstić information content (AvgIpc) is 2.34. The van der Waals surface area contributed by atoms with Gasteiger partial charge in [0.05, 0.1) is 0 Å². The molecule has 0 saturated heterocycles. The van der Waals surface area contributed by atoms with Crippen LogP contribution in [0.1, 0.15) is 19.3 Å². The average molecular weight is 141 g/mol. The molecule has 1 rings (SSSR count). The van der Waals surface area contributed by atoms with Gasteiger partial charge in [-0.25, -0.2) is 0 Å². The van der Waals surface area contributed by atoms with E-state index in [9.17, 15) is 4.79 Å². The van der Waals surface area contributed by atoms with Crippen LogP contribution in [0.15, 0.2) is 0 Å². The smallest absolute Gasteiger partial charge is 0.123 e. The highest BCUT2D eigenvalue weighted by Crippen LogP contribution is 2.26. The van der Waals surface area contributed by atoms with Gasteiger partial charge in [-0.2, -0.15) is 0 Å². The van der Waals surface area contributed by atoms with Crippen molar-refractivity contribution in [2.75, 3.05) is 14.1 Å². The minimum absolute atomic E-state index is 0.340. The molecule has 0 aromatic heterocycles. The Morgan fingerprint density at radius 1 is 1.40 bits per heavy atom. The maximum absolute atomic E-state index is 10.4. The highest BCUT2D eigenvalue weighted by atomic mass is 16.1. The van der Waals surface area contributed by atoms with Crippen molar-refractivity contribution in [3.63, 3.8) is 0 Å². The van der Waals surface area contributed by atoms with Crippen molar-refractivity contribution in [1.82, 2.24) is 4.90 Å². The fraction of sp³-hybridized carbons (Fsp3) is 0.875. The first kappa shape index (κ1) is 7.73. The number of rotatable bonds is 2. The molecule has 58 valence electrons. The molecule has 1 fully saturated rings. The molecular weight excluding hydrogens is 126 g/mol. The summed E-state index contributed by atoms with van der Waals surface area (Å²) in [6, 6.07) is 0.648. The van der Waals surface area contributed by atoms with E-state index in [4.69, 9.17) is 0 Å². The molecule has 0 amide bonds. The van der Waals surface area contributed by atoms with Crippen molar-refractivity contribution >= 4 is 6.29 Å². The molecule has 0 spiro atoms. The van der Waals surface area contributed by atoms with Gasteiger partial charge in [0, 0.05) is 12.0 Å². The molecular formula is C8H15NO. The molecule has 0 radical (unpaired) electrons. The fourth-order valence-electron chi connectivity index (χ4n) is 1.58. The van der Waals surface area contributed by atoms with Gasteiger partial charge < -0.3 is 9.69 Å². The van der Waals surface area contributed by atoms with E-state index in [0.717, 1.165) is 19.1 Å². The standard InChI is InChI=1S/C8H15NO/c1-9(2)8-4-3-7(5-8)6-10/h6-8H,3-5H2,1-2H3. The first-order valence-electron chi connectivity index (χ1n) is 3.85. The summed E-state index contributed by atoms with van der Waals surface area (Å²) >= 11 is 0. The maximum Gasteiger partial charge on any atom is 0.123 e. The summed E-state index contributed by atoms with van der Waals surface area (Å²) in [7, 11) is 4.16. The van der Waals surface area contributed by atoms with E-state index >= 15 is 0 Å². The largest absolute Gasteiger partial charge is 0.306 e. The van der Waals surface area contributed by atoms with Crippen LogP contribution in [0.2, 0.25) is 0 Å². The van der Waals surface area contributed by atoms with Crippen LogP contribution in [-0.4, -0.2) is 31.3 Å². The quantitative estimate of drug-likeness (QED) is 0.533. The highest BCUT2D eigenvalue weighted by molar-refractivity contribution is 5.54. The van der Waals surface area contributed by atoms with E-state index in [0.29, 0.717) is 12.0 Å². The zero-order valence-corrected chi connectivity index (χ0v) is 6.71. The Kier molecular flexibility index (Phi) is 2.44. The topological polar surface area (TPSA) is 20.3 Å². The van der Waals surface area contributed by atoms with Gasteiger partial charge in [0.2, 0.25) is 0 Å². The zero-order chi connectivity index (χ0) is 7.56. The lowest BCUT2D eigenvalue weighted by Gasteiger charge is -2.17. The van der Waals surface area contributed by atoms with Crippen molar-refractivity contribution in [3.05, 3.63) is 0 Å². The second-order valence-electron chi connectivity index (χ2n) is 3.33. The third-order valence-electron chi connectivity index (χ3n) is 2.37. The van der Waals surface area contributed by atoms with Crippen LogP contribution in [0.5, 0.6) is 0 Å². The van der Waals surface area contributed by atoms with Gasteiger partial charge in [-0.15, -0.1) is 0 Å². The van der Waals surface area contributed by atoms with Crippen molar-refractivity contribution in [3.8, 4) is 0 Å². The monoisotopic (exact) mass is 141 g/mol. The third-order valence-corrected chi connectivity index (χ3v) is 2.37. The molecule has 10 heavy (non-hydrogen) atoms. The van der Waals surface area contributed by atoms with Crippen LogP contribution in [0.25, 0.3) is 0 Å². The Balaban J connectivity index is 2.35. The minimum atomic E-state index is 0.340. The molecule has 0 aliphatic heterocycles. The summed E-state index contributed by atoms with van der Waals surface area (Å²) in [5.74, 6) is 0.340. The van der Waals surface area contributed by atoms with Crippen LogP contribution in [0.4, 0.5) is 0 Å². The van der Waals surface area contributed by atoms with Crippen molar-refractivity contribution in [1.29, 1.82) is 0 Å². The summed E-state index contributed by atoms with van der Waals surface area (Å²) in [4.78, 5) is 12.6. The Labute approximate surface area is 62.2 Å². The van der Waals surface area contributed by atoms with Crippen LogP contribution >= 0.6 is 0 Å². The number of aldehydes is 1. The molecule has 2 heteroatoms. The Morgan fingerprint density at radius 3 is 2.40 bits per heavy atom. The van der Waals surface area contributed by atoms with Crippen molar-refractivity contribution < 1.29 is 4.79 Å². The molecule has 1 aliphatic carbocycles. The number of nitrogens with zero attached hydrogens (tertiary/aromatic N) is 1. The van der Waals surface area contributed by atoms with E-state index in [1.807, 2.05) is 0 Å². The lowest BCUT2D eigenvalue weighted by Crippen LogP contribution is -2.24. The SMILES string of the molecule is CN(C)C1CCC(C=O)C1. The Hall–Kier alpha value is -0.370. The summed E-state index contributed by atoms with van der Waals surface area (Å²) < 4.78 is 0. The molecule has 2 unspecified atom stereocenters. The van der Waals surface area contributed by atoms with Crippen LogP contribution in [0, 0.1) is 5.92 Å². The first-order valence-corrected chi connectivity index (χ1v) is 3.85. The number of carbonyl (C=O) groups excluding carboxylic acids is 1. The zero-order valence-electron chi connectivity index (χ0n) is 6.71. The molecule has 1 saturated carbocycles. The van der Waals surface area contributed by atoms with Crippen LogP contribution in [-0.2, 0) is 4.79 Å². The lowest BCUT2D eigenvalue weighted by molar-refractivity contribution is -0.111. The van der Waals surface area contributed by atoms with E-state index in [-0.39, 0.29) is 0 Å². The second-order valence-corrected chi connectivity index (χ2v) is 3.33. The Morgan fingerprint density at radius 2 is 2.10 bits per heavy atom. The number of hydrogen-bond donors (Lipinski definition) is 0. The number of hydrogen-bond acceptors (Lipinski definition) is 2.